The number of hydrogen-bond acceptors (Lipinski definition) is 3. The molecule has 30 heavy (non-hydrogen) atoms. The van der Waals surface area contributed by atoms with Gasteiger partial charge in [0.05, 0.1) is 20.3 Å². The molecule has 5 heteroatoms. The van der Waals surface area contributed by atoms with Crippen LogP contribution >= 0.6 is 0 Å². The molecule has 1 rings (SSSR count). The molecular weight excluding hydrogens is 386 g/mol. The minimum Gasteiger partial charge on any atom is -0.498 e. The molecule has 1 aliphatic rings. The van der Waals surface area contributed by atoms with Crippen LogP contribution in [-0.4, -0.2) is 26.6 Å². The van der Waals surface area contributed by atoms with E-state index in [-0.39, 0.29) is 12.0 Å². The summed E-state index contributed by atoms with van der Waals surface area (Å²) in [6, 6.07) is 0. The van der Waals surface area contributed by atoms with Crippen LogP contribution in [0.25, 0.3) is 0 Å². The van der Waals surface area contributed by atoms with E-state index < -0.39 is 11.7 Å². The van der Waals surface area contributed by atoms with E-state index in [1.807, 2.05) is 25.2 Å². The Morgan fingerprint density at radius 2 is 1.83 bits per heavy atom. The van der Waals surface area contributed by atoms with Crippen LogP contribution in [0.2, 0.25) is 0 Å². The van der Waals surface area contributed by atoms with Crippen molar-refractivity contribution in [3.8, 4) is 0 Å². The lowest BCUT2D eigenvalue weighted by atomic mass is 9.96. The third kappa shape index (κ3) is 8.57. The van der Waals surface area contributed by atoms with Crippen LogP contribution < -0.4 is 0 Å². The predicted molar refractivity (Wildman–Crippen MR) is 119 cm³/mol. The average Bonchev–Trinajstić information content (AvgIpc) is 2.77. The Hall–Kier alpha value is -1.72. The monoisotopic (exact) mass is 424 g/mol. The summed E-state index contributed by atoms with van der Waals surface area (Å²) in [6.45, 7) is 12.0. The van der Waals surface area contributed by atoms with Gasteiger partial charge in [-0.25, -0.2) is 8.78 Å². The van der Waals surface area contributed by atoms with Crippen LogP contribution in [0, 0.1) is 5.92 Å². The van der Waals surface area contributed by atoms with E-state index in [2.05, 4.69) is 6.58 Å². The minimum absolute atomic E-state index is 0.0661. The molecule has 1 fully saturated rings. The van der Waals surface area contributed by atoms with Crippen LogP contribution in [0.1, 0.15) is 66.2 Å². The summed E-state index contributed by atoms with van der Waals surface area (Å²) in [4.78, 5) is 0. The quantitative estimate of drug-likeness (QED) is 0.185. The van der Waals surface area contributed by atoms with Crippen molar-refractivity contribution in [3.63, 3.8) is 0 Å². The Kier molecular flexibility index (Phi) is 12.6. The zero-order valence-electron chi connectivity index (χ0n) is 19.2. The average molecular weight is 425 g/mol. The van der Waals surface area contributed by atoms with E-state index in [0.29, 0.717) is 30.1 Å². The van der Waals surface area contributed by atoms with E-state index in [1.165, 1.54) is 14.0 Å². The van der Waals surface area contributed by atoms with Crippen molar-refractivity contribution in [2.75, 3.05) is 20.3 Å². The van der Waals surface area contributed by atoms with Gasteiger partial charge in [0.2, 0.25) is 0 Å². The van der Waals surface area contributed by atoms with E-state index >= 15 is 0 Å². The summed E-state index contributed by atoms with van der Waals surface area (Å²) in [5.41, 5.74) is 2.09. The maximum Gasteiger partial charge on any atom is 0.196 e. The van der Waals surface area contributed by atoms with Gasteiger partial charge in [-0.15, -0.1) is 6.58 Å². The highest BCUT2D eigenvalue weighted by molar-refractivity contribution is 5.40. The second kappa shape index (κ2) is 14.3. The Bertz CT molecular complexity index is 666. The molecule has 0 radical (unpaired) electrons. The first-order chi connectivity index (χ1) is 14.4. The van der Waals surface area contributed by atoms with Gasteiger partial charge in [0.25, 0.3) is 0 Å². The van der Waals surface area contributed by atoms with Crippen LogP contribution in [0.4, 0.5) is 8.78 Å². The summed E-state index contributed by atoms with van der Waals surface area (Å²) in [7, 11) is 1.32. The molecule has 0 bridgehead atoms. The minimum atomic E-state index is -0.953. The van der Waals surface area contributed by atoms with Gasteiger partial charge in [0.15, 0.2) is 17.9 Å². The molecule has 0 spiro atoms. The summed E-state index contributed by atoms with van der Waals surface area (Å²) < 4.78 is 45.2. The standard InChI is InChI=1S/C25H38F2O3/c1-7-10-11-21-14-15-23(30-17-21)29-16-20(8-2)13-12-18(4)22(9-3)25(27)24(26)19(5)28-6/h7,12-13,21,23H,1,8-11,14-17H2,2-6H3/b18-12+,20-13+,24-19-,25-22-. The van der Waals surface area contributed by atoms with Gasteiger partial charge >= 0.3 is 0 Å². The van der Waals surface area contributed by atoms with Crippen molar-refractivity contribution < 1.29 is 23.0 Å². The second-order valence-electron chi connectivity index (χ2n) is 7.63. The predicted octanol–water partition coefficient (Wildman–Crippen LogP) is 7.49. The van der Waals surface area contributed by atoms with E-state index in [1.54, 1.807) is 13.8 Å². The van der Waals surface area contributed by atoms with Crippen molar-refractivity contribution in [2.45, 2.75) is 72.5 Å². The molecule has 0 aromatic heterocycles. The Balaban J connectivity index is 2.73. The van der Waals surface area contributed by atoms with Gasteiger partial charge in [-0.05, 0) is 75.0 Å². The summed E-state index contributed by atoms with van der Waals surface area (Å²) in [5, 5.41) is 0. The highest BCUT2D eigenvalue weighted by Crippen LogP contribution is 2.28. The van der Waals surface area contributed by atoms with Gasteiger partial charge < -0.3 is 14.2 Å². The Morgan fingerprint density at radius 3 is 2.37 bits per heavy atom. The molecule has 1 heterocycles. The number of methoxy groups -OCH3 is 1. The fourth-order valence-corrected chi connectivity index (χ4v) is 3.29. The van der Waals surface area contributed by atoms with Gasteiger partial charge in [0, 0.05) is 0 Å². The van der Waals surface area contributed by atoms with Crippen molar-refractivity contribution in [2.24, 2.45) is 5.92 Å². The van der Waals surface area contributed by atoms with Gasteiger partial charge in [-0.3, -0.25) is 0 Å². The first-order valence-corrected chi connectivity index (χ1v) is 10.9. The molecule has 0 aromatic rings. The lowest BCUT2D eigenvalue weighted by Gasteiger charge is -2.29. The lowest BCUT2D eigenvalue weighted by molar-refractivity contribution is -0.171. The molecule has 1 saturated heterocycles. The molecule has 0 amide bonds. The van der Waals surface area contributed by atoms with E-state index in [9.17, 15) is 8.78 Å². The molecule has 0 aromatic carbocycles. The molecule has 0 aliphatic carbocycles. The van der Waals surface area contributed by atoms with Gasteiger partial charge in [-0.1, -0.05) is 32.1 Å². The van der Waals surface area contributed by atoms with Crippen molar-refractivity contribution in [1.29, 1.82) is 0 Å². The fourth-order valence-electron chi connectivity index (χ4n) is 3.29. The number of rotatable bonds is 12. The molecule has 2 unspecified atom stereocenters. The first kappa shape index (κ1) is 26.3. The van der Waals surface area contributed by atoms with Gasteiger partial charge in [-0.2, -0.15) is 0 Å². The molecular formula is C25H38F2O3. The molecule has 3 nitrogen and oxygen atoms in total. The zero-order valence-corrected chi connectivity index (χ0v) is 19.2. The maximum atomic E-state index is 14.5. The van der Waals surface area contributed by atoms with Crippen molar-refractivity contribution in [1.82, 2.24) is 0 Å². The summed E-state index contributed by atoms with van der Waals surface area (Å²) in [6.07, 6.45) is 10.9. The van der Waals surface area contributed by atoms with Crippen LogP contribution in [-0.2, 0) is 14.2 Å². The second-order valence-corrected chi connectivity index (χ2v) is 7.63. The van der Waals surface area contributed by atoms with Crippen LogP contribution in [0.15, 0.2) is 58.9 Å². The zero-order chi connectivity index (χ0) is 22.5. The summed E-state index contributed by atoms with van der Waals surface area (Å²) >= 11 is 0. The Labute approximate surface area is 181 Å². The maximum absolute atomic E-state index is 14.5. The smallest absolute Gasteiger partial charge is 0.196 e. The van der Waals surface area contributed by atoms with Gasteiger partial charge in [0.1, 0.15) is 5.76 Å². The van der Waals surface area contributed by atoms with Crippen LogP contribution in [0.3, 0.4) is 0 Å². The molecule has 2 atom stereocenters. The topological polar surface area (TPSA) is 27.7 Å². The lowest BCUT2D eigenvalue weighted by Crippen LogP contribution is -2.28. The highest BCUT2D eigenvalue weighted by atomic mass is 19.2. The number of allylic oxidation sites excluding steroid dienone is 8. The fraction of sp³-hybridized carbons (Fsp3) is 0.600. The Morgan fingerprint density at radius 1 is 1.10 bits per heavy atom. The third-order valence-electron chi connectivity index (χ3n) is 5.49. The van der Waals surface area contributed by atoms with E-state index in [4.69, 9.17) is 14.2 Å². The highest BCUT2D eigenvalue weighted by Gasteiger charge is 2.21. The number of hydrogen-bond donors (Lipinski definition) is 0. The van der Waals surface area contributed by atoms with E-state index in [0.717, 1.165) is 44.3 Å². The van der Waals surface area contributed by atoms with Crippen molar-refractivity contribution in [3.05, 3.63) is 58.9 Å². The SMILES string of the molecule is C=CCCC1CCC(OC/C(=C/C=C(C)/C(CC)=C(F)/C(F)=C(\C)OC)CC)OC1. The summed E-state index contributed by atoms with van der Waals surface area (Å²) in [5.74, 6) is -1.30. The molecule has 0 saturated carbocycles. The molecule has 1 aliphatic heterocycles. The normalized spacial score (nSPS) is 22.4. The number of ether oxygens (including phenoxy) is 3. The van der Waals surface area contributed by atoms with Crippen LogP contribution in [0.5, 0.6) is 0 Å². The number of halogens is 2. The third-order valence-corrected chi connectivity index (χ3v) is 5.49. The first-order valence-electron chi connectivity index (χ1n) is 10.9. The largest absolute Gasteiger partial charge is 0.498 e. The van der Waals surface area contributed by atoms with Crippen molar-refractivity contribution >= 4 is 0 Å². The molecule has 170 valence electrons. The molecule has 0 N–H and O–H groups in total.